The van der Waals surface area contributed by atoms with Crippen LogP contribution >= 0.6 is 0 Å². The third-order valence-corrected chi connectivity index (χ3v) is 21.8. The fraction of sp³-hybridized carbons (Fsp3) is 0.0458. The molecule has 22 aromatic rings. The number of benzene rings is 17. The minimum atomic E-state index is -2.18. The number of phenols is 9. The number of phenolic OH excluding ortho intramolecular Hbond substituents is 9. The molecule has 0 amide bonds. The maximum absolute atomic E-state index is 9.58. The van der Waals surface area contributed by atoms with E-state index in [-0.39, 0.29) is 168 Å². The minimum absolute atomic E-state index is 0. The van der Waals surface area contributed by atoms with Gasteiger partial charge in [-0.1, -0.05) is 272 Å². The van der Waals surface area contributed by atoms with Crippen LogP contribution in [-0.4, -0.2) is 70.9 Å². The minimum Gasteiger partial charge on any atom is -0.517 e. The number of aromatic nitrogens is 5. The smallest absolute Gasteiger partial charge is 0.517 e. The Hall–Kier alpha value is -15.6. The molecule has 9 N–H and O–H groups in total. The van der Waals surface area contributed by atoms with Gasteiger partial charge in [-0.05, 0) is 168 Å². The fourth-order valence-electron chi connectivity index (χ4n) is 14.3. The van der Waals surface area contributed by atoms with Gasteiger partial charge in [0.25, 0.3) is 0 Å². The van der Waals surface area contributed by atoms with Gasteiger partial charge in [0, 0.05) is 176 Å². The molecule has 22 rings (SSSR count). The van der Waals surface area contributed by atoms with E-state index >= 15 is 0 Å². The summed E-state index contributed by atoms with van der Waals surface area (Å²) in [5.41, 5.74) is 20.6. The van der Waals surface area contributed by atoms with Gasteiger partial charge < -0.3 is 70.9 Å². The molecule has 5 heterocycles. The summed E-state index contributed by atoms with van der Waals surface area (Å²) in [6.07, 6.45) is 7.82. The van der Waals surface area contributed by atoms with Crippen LogP contribution in [0.5, 0.6) is 51.7 Å². The second kappa shape index (κ2) is 63.2. The Morgan fingerprint density at radius 3 is 0.840 bits per heavy atom. The zero-order valence-electron chi connectivity index (χ0n) is 92.5. The van der Waals surface area contributed by atoms with Crippen LogP contribution in [0.15, 0.2) is 486 Å². The van der Waals surface area contributed by atoms with Crippen molar-refractivity contribution in [2.24, 2.45) is 0 Å². The molecule has 0 aliphatic carbocycles. The molecule has 19 heteroatoms. The molecule has 0 bridgehead atoms. The van der Waals surface area contributed by atoms with Gasteiger partial charge in [-0.3, -0.25) is 0 Å². The van der Waals surface area contributed by atoms with E-state index in [1.54, 1.807) is 195 Å². The molecule has 0 spiro atoms. The monoisotopic (exact) mass is 2880 g/mol. The van der Waals surface area contributed by atoms with E-state index in [9.17, 15) is 46.0 Å². The molecule has 150 heavy (non-hydrogen) atoms. The van der Waals surface area contributed by atoms with Crippen LogP contribution < -0.4 is 0 Å². The fourth-order valence-corrected chi connectivity index (χ4v) is 14.3. The average Bonchev–Trinajstić information content (AvgIpc) is 0.813. The quantitative estimate of drug-likeness (QED) is 0.0547. The van der Waals surface area contributed by atoms with Crippen LogP contribution in [0.25, 0.3) is 134 Å². The molecular weight excluding hydrogens is 2760 g/mol. The van der Waals surface area contributed by atoms with Gasteiger partial charge in [0.15, 0.2) is 0 Å². The summed E-state index contributed by atoms with van der Waals surface area (Å²) in [5.74, 6) is 1.70. The van der Waals surface area contributed by atoms with Crippen molar-refractivity contribution < 1.29 is 168 Å². The first-order valence-electron chi connectivity index (χ1n) is 51.7. The standard InChI is InChI=1S/C18H14N.C15H10N.2C13H12N.C12H10N.4C12H10O2.C12H9O.5Pt/c1-14-7-9-15(10-8-14)17-11-12-19-18(13-17)16-5-3-2-4-6-16;1-2-7-13(8-3-1)15-14-9-5-4-6-12(14)10-11-16-15;1-10-3-6-12(7-4-10)13-8-5-11(2)9-14-13;1-10-8-13(14-9-11(10)2)12-6-4-3-5-7-12;1-10-7-8-12(13-9-10)11-5-3-2-4-6-11;4*13-11-7-3-1-5-9(11)10-6-2-4-8-12(10)14;13-12-9-5-4-8-11(12)10-6-2-1-3-7-10;;;;;/h2-5,7-13H,1H3;1-7,9-11H;2*3-6,8-9H,1-2H3;2-5,7-9H,1H3;4*1-8,13-14H;1-6,8-9,13H;;;;;/q5*-1;;;;;-1;;;;;+2/i;;1D3,2D3;2D3;1D3;;;;;;;;;;. The van der Waals surface area contributed by atoms with Crippen molar-refractivity contribution in [2.75, 3.05) is 0 Å². The normalized spacial score (nSPS) is 11.3. The second-order valence-electron chi connectivity index (χ2n) is 32.0. The summed E-state index contributed by atoms with van der Waals surface area (Å²) >= 11 is 0. The van der Waals surface area contributed by atoms with Crippen molar-refractivity contribution in [1.29, 1.82) is 0 Å². The van der Waals surface area contributed by atoms with E-state index < -0.39 is 27.4 Å². The first kappa shape index (κ1) is 102. The van der Waals surface area contributed by atoms with E-state index in [1.807, 2.05) is 219 Å². The summed E-state index contributed by atoms with van der Waals surface area (Å²) in [4.78, 5) is 21.3. The number of aryl methyl sites for hydroxylation is 6. The van der Waals surface area contributed by atoms with Gasteiger partial charge >= 0.3 is 21.1 Å². The molecule has 0 aliphatic rings. The Balaban J connectivity index is 0.000000217. The zero-order chi connectivity index (χ0) is 112. The van der Waals surface area contributed by atoms with Gasteiger partial charge in [0.1, 0.15) is 46.0 Å². The molecular formula is C131H107N5O9Pt5-4. The number of aromatic hydroxyl groups is 9. The summed E-state index contributed by atoms with van der Waals surface area (Å²) in [7, 11) is 0. The van der Waals surface area contributed by atoms with Crippen LogP contribution in [-0.2, 0) is 105 Å². The SMILES string of the molecule is Cc1ccc(-c2ccnc(-c3[c-]cccc3)c2)cc1.Oc1ccccc1-c1[c-]cccc1.Oc1ccccc1-c1ccccc1O.Oc1ccccc1-c1ccccc1O.Oc1ccccc1-c1ccccc1O.Oc1ccccc1-c1ccccc1O.[2H]C([2H])([2H])c1c[c-]c(-c2ccc(C([2H])([2H])[2H])cn2)cc1.[2H]C([2H])([2H])c1ccc(-c2[c-]cccc2)nc1.[2H]C([2H])([2H])c1cnc(-c2[c-]cccc2)cc1C.[Pt+2].[Pt].[Pt].[Pt].[Pt].[c-]1ccccc1-c1nccc2ccccc12. The summed E-state index contributed by atoms with van der Waals surface area (Å²) in [6, 6.07) is 155. The van der Waals surface area contributed by atoms with Gasteiger partial charge in [0.2, 0.25) is 0 Å². The molecule has 0 saturated carbocycles. The van der Waals surface area contributed by atoms with Crippen molar-refractivity contribution in [2.45, 2.75) is 41.3 Å². The number of pyridine rings is 5. The third kappa shape index (κ3) is 36.2. The molecule has 14 nitrogen and oxygen atoms in total. The molecule has 0 atom stereocenters. The van der Waals surface area contributed by atoms with Gasteiger partial charge in [-0.15, -0.1) is 215 Å². The molecule has 0 radical (unpaired) electrons. The Bertz CT molecular complexity index is 7730. The largest absolute Gasteiger partial charge is 2.00 e. The number of hydrogen-bond donors (Lipinski definition) is 9. The molecule has 0 aliphatic heterocycles. The van der Waals surface area contributed by atoms with E-state index in [1.165, 1.54) is 64.3 Å². The Morgan fingerprint density at radius 2 is 0.513 bits per heavy atom. The maximum atomic E-state index is 9.58. The van der Waals surface area contributed by atoms with E-state index in [4.69, 9.17) is 16.4 Å². The second-order valence-corrected chi connectivity index (χ2v) is 32.0. The summed E-state index contributed by atoms with van der Waals surface area (Å²) < 4.78 is 87.5. The van der Waals surface area contributed by atoms with Crippen molar-refractivity contribution in [1.82, 2.24) is 24.9 Å². The predicted molar refractivity (Wildman–Crippen MR) is 587 cm³/mol. The number of rotatable bonds is 11. The van der Waals surface area contributed by atoms with Crippen LogP contribution in [0.3, 0.4) is 0 Å². The maximum Gasteiger partial charge on any atom is 2.00 e. The summed E-state index contributed by atoms with van der Waals surface area (Å²) in [5, 5.41) is 88.5. The van der Waals surface area contributed by atoms with Crippen LogP contribution in [0.4, 0.5) is 0 Å². The predicted octanol–water partition coefficient (Wildman–Crippen LogP) is 31.3. The Labute approximate surface area is 967 Å². The van der Waals surface area contributed by atoms with Crippen LogP contribution in [0.2, 0.25) is 0 Å². The molecule has 0 fully saturated rings. The van der Waals surface area contributed by atoms with Crippen LogP contribution in [0.1, 0.15) is 49.8 Å². The van der Waals surface area contributed by atoms with Crippen molar-refractivity contribution >= 4 is 10.8 Å². The van der Waals surface area contributed by atoms with Crippen molar-refractivity contribution in [3.63, 3.8) is 0 Å². The first-order valence-corrected chi connectivity index (χ1v) is 45.7. The van der Waals surface area contributed by atoms with Gasteiger partial charge in [-0.25, -0.2) is 0 Å². The molecule has 17 aromatic carbocycles. The van der Waals surface area contributed by atoms with Gasteiger partial charge in [-0.2, -0.15) is 0 Å². The molecule has 5 aromatic heterocycles. The first-order chi connectivity index (χ1) is 75.5. The number of para-hydroxylation sites is 9. The average molecular weight is 2880 g/mol. The topological polar surface area (TPSA) is 247 Å². The zero-order valence-corrected chi connectivity index (χ0v) is 91.9. The molecule has 0 unspecified atom stereocenters. The van der Waals surface area contributed by atoms with E-state index in [0.717, 1.165) is 61.7 Å². The molecule has 764 valence electrons. The Morgan fingerprint density at radius 1 is 0.213 bits per heavy atom. The number of hydrogen-bond acceptors (Lipinski definition) is 14. The van der Waals surface area contributed by atoms with E-state index in [0.29, 0.717) is 67.1 Å². The van der Waals surface area contributed by atoms with Crippen LogP contribution in [0, 0.1) is 77.7 Å². The summed E-state index contributed by atoms with van der Waals surface area (Å²) in [6.45, 7) is -4.65. The number of nitrogens with zero attached hydrogens (tertiary/aromatic N) is 5. The number of fused-ring (bicyclic) bond motifs is 1. The van der Waals surface area contributed by atoms with Crippen molar-refractivity contribution in [3.05, 3.63) is 556 Å². The van der Waals surface area contributed by atoms with E-state index in [2.05, 4.69) is 111 Å². The van der Waals surface area contributed by atoms with Crippen molar-refractivity contribution in [3.8, 4) is 175 Å². The third-order valence-electron chi connectivity index (χ3n) is 21.8. The molecule has 0 saturated heterocycles. The Kier molecular flexibility index (Phi) is 42.8. The van der Waals surface area contributed by atoms with Gasteiger partial charge in [0.05, 0.1) is 5.75 Å².